The first-order valence-corrected chi connectivity index (χ1v) is 10.3. The van der Waals surface area contributed by atoms with Crippen LogP contribution in [0.15, 0.2) is 30.0 Å². The van der Waals surface area contributed by atoms with E-state index < -0.39 is 34.8 Å². The number of carboxylic acids is 1. The van der Waals surface area contributed by atoms with Gasteiger partial charge in [0.05, 0.1) is 10.8 Å². The molecule has 0 heterocycles. The number of carbonyl (C=O) groups is 4. The normalized spacial score (nSPS) is 12.8. The third-order valence-electron chi connectivity index (χ3n) is 4.20. The third-order valence-corrected chi connectivity index (χ3v) is 4.20. The van der Waals surface area contributed by atoms with E-state index in [0.717, 1.165) is 0 Å². The summed E-state index contributed by atoms with van der Waals surface area (Å²) in [6.45, 7) is 13.1. The van der Waals surface area contributed by atoms with Gasteiger partial charge >= 0.3 is 69.3 Å². The Kier molecular flexibility index (Phi) is 12.2. The van der Waals surface area contributed by atoms with Gasteiger partial charge in [0.1, 0.15) is 6.04 Å². The molecule has 0 saturated heterocycles. The maximum absolute atomic E-state index is 12.5. The molecule has 0 spiro atoms. The molecule has 0 bridgehead atoms. The second kappa shape index (κ2) is 12.8. The maximum Gasteiger partial charge on any atom is 1.00 e. The Morgan fingerprint density at radius 1 is 0.970 bits per heavy atom. The van der Waals surface area contributed by atoms with Crippen LogP contribution in [-0.4, -0.2) is 34.8 Å². The molecule has 9 heteroatoms. The van der Waals surface area contributed by atoms with Crippen molar-refractivity contribution in [2.45, 2.75) is 67.9 Å². The van der Waals surface area contributed by atoms with Crippen molar-refractivity contribution >= 4 is 23.7 Å². The van der Waals surface area contributed by atoms with E-state index >= 15 is 0 Å². The molecule has 0 aliphatic carbocycles. The summed E-state index contributed by atoms with van der Waals surface area (Å²) >= 11 is 0. The van der Waals surface area contributed by atoms with Crippen molar-refractivity contribution in [2.75, 3.05) is 0 Å². The minimum Gasteiger partial charge on any atom is -1.00 e. The van der Waals surface area contributed by atoms with Crippen molar-refractivity contribution in [2.24, 2.45) is 10.8 Å². The number of rotatable bonds is 8. The van der Waals surface area contributed by atoms with Crippen LogP contribution < -0.4 is 66.2 Å². The number of aliphatic carboxylic acids is 1. The van der Waals surface area contributed by atoms with Crippen LogP contribution in [0.1, 0.15) is 62.4 Å². The second-order valence-electron chi connectivity index (χ2n) is 9.74. The van der Waals surface area contributed by atoms with E-state index in [-0.39, 0.29) is 76.5 Å². The predicted molar refractivity (Wildman–Crippen MR) is 120 cm³/mol. The minimum absolute atomic E-state index is 0. The summed E-state index contributed by atoms with van der Waals surface area (Å²) in [7, 11) is 0. The van der Waals surface area contributed by atoms with Crippen molar-refractivity contribution in [3.8, 4) is 11.5 Å². The van der Waals surface area contributed by atoms with Gasteiger partial charge in [0.2, 0.25) is 0 Å². The van der Waals surface area contributed by atoms with Gasteiger partial charge in [-0.1, -0.05) is 6.07 Å². The Balaban J connectivity index is 0. The maximum atomic E-state index is 12.5. The van der Waals surface area contributed by atoms with E-state index in [1.54, 1.807) is 54.5 Å². The Morgan fingerprint density at radius 2 is 1.45 bits per heavy atom. The standard InChI is InChI=1S/C24H33NO7.K.H/c1-14(11-15(2)26)25-17(20(27)28)12-16-9-10-18(31-21(29)23(3,4)5)19(13-16)32-22(30)24(6,7)8;;/h9-11,13,17,25H,12H2,1-8H3,(H,27,28);;/q;+1;-1/b14-11+;;/t17-;;/m0../s1. The SMILES string of the molecule is CC(=O)/C=C(\C)N[C@@H](Cc1ccc(OC(=O)C(C)(C)C)c(OC(=O)C(C)(C)C)c1)C(=O)O.[H-].[K+]. The van der Waals surface area contributed by atoms with Crippen molar-refractivity contribution in [3.63, 3.8) is 0 Å². The Labute approximate surface area is 239 Å². The second-order valence-corrected chi connectivity index (χ2v) is 9.74. The Bertz CT molecular complexity index is 930. The largest absolute Gasteiger partial charge is 1.00 e. The minimum atomic E-state index is -1.11. The molecule has 0 fully saturated rings. The van der Waals surface area contributed by atoms with E-state index in [4.69, 9.17) is 9.47 Å². The summed E-state index contributed by atoms with van der Waals surface area (Å²) in [6.07, 6.45) is 1.34. The van der Waals surface area contributed by atoms with Crippen LogP contribution in [0.2, 0.25) is 0 Å². The number of nitrogens with one attached hydrogen (secondary N) is 1. The first-order chi connectivity index (χ1) is 14.5. The number of hydrogen-bond acceptors (Lipinski definition) is 7. The fraction of sp³-hybridized carbons (Fsp3) is 0.500. The van der Waals surface area contributed by atoms with E-state index in [2.05, 4.69) is 5.32 Å². The van der Waals surface area contributed by atoms with Crippen LogP contribution in [0.5, 0.6) is 11.5 Å². The molecule has 8 nitrogen and oxygen atoms in total. The zero-order valence-electron chi connectivity index (χ0n) is 22.0. The van der Waals surface area contributed by atoms with Crippen LogP contribution >= 0.6 is 0 Å². The van der Waals surface area contributed by atoms with Gasteiger partial charge in [0, 0.05) is 12.1 Å². The van der Waals surface area contributed by atoms with Crippen molar-refractivity contribution in [1.82, 2.24) is 5.32 Å². The summed E-state index contributed by atoms with van der Waals surface area (Å²) < 4.78 is 10.9. The van der Waals surface area contributed by atoms with Crippen molar-refractivity contribution in [3.05, 3.63) is 35.5 Å². The van der Waals surface area contributed by atoms with Gasteiger partial charge in [-0.15, -0.1) is 0 Å². The Hall–Kier alpha value is -1.52. The van der Waals surface area contributed by atoms with Crippen LogP contribution in [0.25, 0.3) is 0 Å². The fourth-order valence-electron chi connectivity index (χ4n) is 2.41. The van der Waals surface area contributed by atoms with Gasteiger partial charge in [-0.2, -0.15) is 0 Å². The first-order valence-electron chi connectivity index (χ1n) is 10.3. The van der Waals surface area contributed by atoms with Gasteiger partial charge in [-0.25, -0.2) is 4.79 Å². The molecule has 33 heavy (non-hydrogen) atoms. The summed E-state index contributed by atoms with van der Waals surface area (Å²) in [6, 6.07) is 3.53. The average molecular weight is 488 g/mol. The van der Waals surface area contributed by atoms with Crippen molar-refractivity contribution < 1.29 is 86.6 Å². The fourth-order valence-corrected chi connectivity index (χ4v) is 2.41. The van der Waals surface area contributed by atoms with Gasteiger partial charge in [0.15, 0.2) is 17.3 Å². The van der Waals surface area contributed by atoms with E-state index in [1.165, 1.54) is 25.1 Å². The van der Waals surface area contributed by atoms with Gasteiger partial charge in [0.25, 0.3) is 0 Å². The molecule has 0 aromatic heterocycles. The number of ketones is 1. The molecule has 178 valence electrons. The zero-order valence-corrected chi connectivity index (χ0v) is 24.1. The summed E-state index contributed by atoms with van der Waals surface area (Å²) in [4.78, 5) is 47.7. The van der Waals surface area contributed by atoms with Crippen LogP contribution in [-0.2, 0) is 25.6 Å². The van der Waals surface area contributed by atoms with E-state index in [1.807, 2.05) is 0 Å². The quantitative estimate of drug-likeness (QED) is 0.239. The third kappa shape index (κ3) is 11.0. The van der Waals surface area contributed by atoms with Crippen LogP contribution in [0.4, 0.5) is 0 Å². The molecule has 1 atom stereocenters. The number of esters is 2. The molecular formula is C24H34KNO7. The Morgan fingerprint density at radius 3 is 1.88 bits per heavy atom. The summed E-state index contributed by atoms with van der Waals surface area (Å²) in [5.74, 6) is -2.26. The molecule has 1 rings (SSSR count). The zero-order chi connectivity index (χ0) is 24.9. The molecule has 1 aromatic carbocycles. The molecule has 1 aromatic rings. The number of benzene rings is 1. The molecule has 0 aliphatic rings. The van der Waals surface area contributed by atoms with Crippen molar-refractivity contribution in [1.29, 1.82) is 0 Å². The smallest absolute Gasteiger partial charge is 1.00 e. The molecule has 2 N–H and O–H groups in total. The summed E-state index contributed by atoms with van der Waals surface area (Å²) in [5, 5.41) is 12.4. The first kappa shape index (κ1) is 31.5. The topological polar surface area (TPSA) is 119 Å². The predicted octanol–water partition coefficient (Wildman–Crippen LogP) is 0.784. The van der Waals surface area contributed by atoms with Gasteiger partial charge < -0.3 is 21.3 Å². The van der Waals surface area contributed by atoms with E-state index in [9.17, 15) is 24.3 Å². The molecule has 0 saturated carbocycles. The van der Waals surface area contributed by atoms with Crippen LogP contribution in [0.3, 0.4) is 0 Å². The summed E-state index contributed by atoms with van der Waals surface area (Å²) in [5.41, 5.74) is -0.628. The molecule has 0 amide bonds. The van der Waals surface area contributed by atoms with Gasteiger partial charge in [-0.05, 0) is 79.2 Å². The monoisotopic (exact) mass is 487 g/mol. The average Bonchev–Trinajstić information content (AvgIpc) is 2.60. The van der Waals surface area contributed by atoms with E-state index in [0.29, 0.717) is 11.3 Å². The molecule has 0 aliphatic heterocycles. The van der Waals surface area contributed by atoms with Gasteiger partial charge in [-0.3, -0.25) is 14.4 Å². The number of hydrogen-bond donors (Lipinski definition) is 2. The molecule has 0 unspecified atom stereocenters. The number of allylic oxidation sites excluding steroid dienone is 2. The number of carboxylic acid groups (broad SMARTS) is 1. The number of ether oxygens (including phenoxy) is 2. The molecular weight excluding hydrogens is 453 g/mol. The number of carbonyl (C=O) groups excluding carboxylic acids is 3. The van der Waals surface area contributed by atoms with Crippen LogP contribution in [0, 0.1) is 10.8 Å². The molecule has 0 radical (unpaired) electrons.